The number of thioether (sulfide) groups is 1. The number of amides is 2. The molecule has 0 aliphatic carbocycles. The van der Waals surface area contributed by atoms with Gasteiger partial charge in [0.1, 0.15) is 11.6 Å². The maximum Gasteiger partial charge on any atom is 0.262 e. The topological polar surface area (TPSA) is 92.7 Å². The molecule has 0 bridgehead atoms. The molecule has 0 saturated carbocycles. The summed E-state index contributed by atoms with van der Waals surface area (Å²) in [6, 6.07) is 18.5. The Morgan fingerprint density at radius 2 is 1.91 bits per heavy atom. The van der Waals surface area contributed by atoms with Crippen LogP contribution < -0.4 is 15.5 Å². The SMILES string of the molecule is O=C(CSc1nc2ccccc2s1)N/N=C/c1ccc(OCC(=O)Nc2ccccc2F)c(Cl)c1. The Kier molecular flexibility index (Phi) is 8.30. The van der Waals surface area contributed by atoms with Gasteiger partial charge >= 0.3 is 0 Å². The molecule has 4 aromatic rings. The Morgan fingerprint density at radius 1 is 1.11 bits per heavy atom. The minimum atomic E-state index is -0.537. The Morgan fingerprint density at radius 3 is 2.71 bits per heavy atom. The molecule has 2 N–H and O–H groups in total. The van der Waals surface area contributed by atoms with Gasteiger partial charge in [0.05, 0.1) is 32.9 Å². The molecule has 0 radical (unpaired) electrons. The van der Waals surface area contributed by atoms with Gasteiger partial charge < -0.3 is 10.1 Å². The van der Waals surface area contributed by atoms with E-state index in [1.807, 2.05) is 24.3 Å². The molecule has 1 heterocycles. The van der Waals surface area contributed by atoms with Crippen molar-refractivity contribution in [3.63, 3.8) is 0 Å². The third-order valence-electron chi connectivity index (χ3n) is 4.47. The second kappa shape index (κ2) is 11.8. The lowest BCUT2D eigenvalue weighted by molar-refractivity contribution is -0.119. The average molecular weight is 529 g/mol. The first-order chi connectivity index (χ1) is 17.0. The number of nitrogens with zero attached hydrogens (tertiary/aromatic N) is 2. The normalized spacial score (nSPS) is 11.0. The molecule has 0 aliphatic rings. The van der Waals surface area contributed by atoms with Crippen molar-refractivity contribution in [1.82, 2.24) is 10.4 Å². The lowest BCUT2D eigenvalue weighted by Gasteiger charge is -2.09. The van der Waals surface area contributed by atoms with E-state index >= 15 is 0 Å². The van der Waals surface area contributed by atoms with Crippen LogP contribution in [-0.4, -0.2) is 35.4 Å². The molecule has 178 valence electrons. The van der Waals surface area contributed by atoms with Crippen molar-refractivity contribution in [3.8, 4) is 5.75 Å². The molecule has 3 aromatic carbocycles. The molecule has 35 heavy (non-hydrogen) atoms. The van der Waals surface area contributed by atoms with Crippen molar-refractivity contribution in [2.24, 2.45) is 5.10 Å². The van der Waals surface area contributed by atoms with Gasteiger partial charge in [-0.05, 0) is 48.0 Å². The highest BCUT2D eigenvalue weighted by Crippen LogP contribution is 2.29. The number of ether oxygens (including phenoxy) is 1. The Bertz CT molecular complexity index is 1360. The van der Waals surface area contributed by atoms with E-state index in [0.29, 0.717) is 5.56 Å². The van der Waals surface area contributed by atoms with Crippen LogP contribution in [-0.2, 0) is 9.59 Å². The summed E-state index contributed by atoms with van der Waals surface area (Å²) in [5.74, 6) is -0.867. The van der Waals surface area contributed by atoms with Crippen molar-refractivity contribution in [2.75, 3.05) is 17.7 Å². The van der Waals surface area contributed by atoms with Gasteiger partial charge in [0, 0.05) is 0 Å². The van der Waals surface area contributed by atoms with Crippen LogP contribution >= 0.6 is 34.7 Å². The number of carbonyl (C=O) groups excluding carboxylic acids is 2. The first kappa shape index (κ1) is 24.6. The fourth-order valence-corrected chi connectivity index (χ4v) is 4.96. The first-order valence-electron chi connectivity index (χ1n) is 10.2. The van der Waals surface area contributed by atoms with Gasteiger partial charge in [-0.3, -0.25) is 9.59 Å². The van der Waals surface area contributed by atoms with E-state index in [4.69, 9.17) is 16.3 Å². The summed E-state index contributed by atoms with van der Waals surface area (Å²) >= 11 is 9.09. The Hall–Kier alpha value is -3.47. The van der Waals surface area contributed by atoms with E-state index < -0.39 is 11.7 Å². The molecule has 0 atom stereocenters. The number of fused-ring (bicyclic) bond motifs is 1. The number of benzene rings is 3. The second-order valence-corrected chi connectivity index (χ2v) is 9.70. The number of halogens is 2. The van der Waals surface area contributed by atoms with Crippen molar-refractivity contribution in [2.45, 2.75) is 4.34 Å². The summed E-state index contributed by atoms with van der Waals surface area (Å²) in [6.45, 7) is -0.343. The standard InChI is InChI=1S/C24H18ClFN4O3S2/c25-16-11-15(9-10-20(16)33-13-22(31)28-18-6-2-1-5-17(18)26)12-27-30-23(32)14-34-24-29-19-7-3-4-8-21(19)35-24/h1-12H,13-14H2,(H,28,31)(H,30,32)/b27-12+. The Labute approximate surface area is 213 Å². The zero-order valence-corrected chi connectivity index (χ0v) is 20.4. The summed E-state index contributed by atoms with van der Waals surface area (Å²) in [7, 11) is 0. The maximum absolute atomic E-state index is 13.6. The zero-order chi connectivity index (χ0) is 24.6. The zero-order valence-electron chi connectivity index (χ0n) is 18.0. The lowest BCUT2D eigenvalue weighted by Crippen LogP contribution is -2.20. The molecule has 11 heteroatoms. The van der Waals surface area contributed by atoms with Gasteiger partial charge in [0.25, 0.3) is 11.8 Å². The average Bonchev–Trinajstić information content (AvgIpc) is 3.27. The van der Waals surface area contributed by atoms with Crippen molar-refractivity contribution in [3.05, 3.63) is 83.1 Å². The number of nitrogens with one attached hydrogen (secondary N) is 2. The van der Waals surface area contributed by atoms with Crippen LogP contribution in [0.1, 0.15) is 5.56 Å². The Balaban J connectivity index is 1.23. The van der Waals surface area contributed by atoms with Gasteiger partial charge in [-0.25, -0.2) is 14.8 Å². The van der Waals surface area contributed by atoms with Crippen LogP contribution in [0.25, 0.3) is 10.2 Å². The van der Waals surface area contributed by atoms with Crippen LogP contribution in [0.3, 0.4) is 0 Å². The van der Waals surface area contributed by atoms with Gasteiger partial charge in [0.15, 0.2) is 10.9 Å². The van der Waals surface area contributed by atoms with Gasteiger partial charge in [-0.1, -0.05) is 47.6 Å². The van der Waals surface area contributed by atoms with Gasteiger partial charge in [0.2, 0.25) is 0 Å². The number of anilines is 1. The molecule has 1 aromatic heterocycles. The van der Waals surface area contributed by atoms with E-state index in [1.165, 1.54) is 47.5 Å². The monoisotopic (exact) mass is 528 g/mol. The van der Waals surface area contributed by atoms with E-state index in [0.717, 1.165) is 14.6 Å². The number of para-hydroxylation sites is 2. The number of rotatable bonds is 9. The number of aromatic nitrogens is 1. The number of thiazole rings is 1. The summed E-state index contributed by atoms with van der Waals surface area (Å²) < 4.78 is 20.9. The highest BCUT2D eigenvalue weighted by molar-refractivity contribution is 8.01. The second-order valence-electron chi connectivity index (χ2n) is 7.04. The predicted octanol–water partition coefficient (Wildman–Crippen LogP) is 5.35. The minimum absolute atomic E-state index is 0.0688. The summed E-state index contributed by atoms with van der Waals surface area (Å²) in [5.41, 5.74) is 4.07. The minimum Gasteiger partial charge on any atom is -0.482 e. The summed E-state index contributed by atoms with van der Waals surface area (Å²) in [4.78, 5) is 28.5. The van der Waals surface area contributed by atoms with E-state index in [2.05, 4.69) is 20.8 Å². The number of hydrazone groups is 1. The summed E-state index contributed by atoms with van der Waals surface area (Å²) in [5, 5.41) is 6.63. The first-order valence-corrected chi connectivity index (χ1v) is 12.4. The molecule has 0 saturated heterocycles. The number of carbonyl (C=O) groups is 2. The molecule has 0 spiro atoms. The van der Waals surface area contributed by atoms with Gasteiger partial charge in [-0.2, -0.15) is 5.10 Å². The van der Waals surface area contributed by atoms with Crippen LogP contribution in [0, 0.1) is 5.82 Å². The molecular weight excluding hydrogens is 511 g/mol. The predicted molar refractivity (Wildman–Crippen MR) is 138 cm³/mol. The van der Waals surface area contributed by atoms with Crippen molar-refractivity contribution < 1.29 is 18.7 Å². The molecule has 4 rings (SSSR count). The fraction of sp³-hybridized carbons (Fsp3) is 0.0833. The van der Waals surface area contributed by atoms with E-state index in [1.54, 1.807) is 24.3 Å². The van der Waals surface area contributed by atoms with Crippen LogP contribution in [0.5, 0.6) is 5.75 Å². The van der Waals surface area contributed by atoms with Crippen molar-refractivity contribution in [1.29, 1.82) is 0 Å². The molecule has 0 fully saturated rings. The van der Waals surface area contributed by atoms with Gasteiger partial charge in [-0.15, -0.1) is 11.3 Å². The summed E-state index contributed by atoms with van der Waals surface area (Å²) in [6.07, 6.45) is 1.45. The highest BCUT2D eigenvalue weighted by atomic mass is 35.5. The molecule has 0 unspecified atom stereocenters. The van der Waals surface area contributed by atoms with Crippen molar-refractivity contribution >= 4 is 68.6 Å². The third kappa shape index (κ3) is 7.01. The quantitative estimate of drug-likeness (QED) is 0.173. The highest BCUT2D eigenvalue weighted by Gasteiger charge is 2.10. The molecule has 2 amide bonds. The molecule has 7 nitrogen and oxygen atoms in total. The maximum atomic E-state index is 13.6. The van der Waals surface area contributed by atoms with E-state index in [9.17, 15) is 14.0 Å². The number of hydrogen-bond acceptors (Lipinski definition) is 7. The van der Waals surface area contributed by atoms with Crippen LogP contribution in [0.2, 0.25) is 5.02 Å². The molecular formula is C24H18ClFN4O3S2. The fourth-order valence-electron chi connectivity index (χ4n) is 2.86. The third-order valence-corrected chi connectivity index (χ3v) is 6.94. The molecule has 0 aliphatic heterocycles. The number of hydrogen-bond donors (Lipinski definition) is 2. The van der Waals surface area contributed by atoms with Crippen LogP contribution in [0.15, 0.2) is 76.2 Å². The van der Waals surface area contributed by atoms with Crippen LogP contribution in [0.4, 0.5) is 10.1 Å². The lowest BCUT2D eigenvalue weighted by atomic mass is 10.2. The smallest absolute Gasteiger partial charge is 0.262 e. The van der Waals surface area contributed by atoms with E-state index in [-0.39, 0.29) is 34.7 Å². The largest absolute Gasteiger partial charge is 0.482 e.